The Labute approximate surface area is 142 Å². The molecule has 9 nitrogen and oxygen atoms in total. The summed E-state index contributed by atoms with van der Waals surface area (Å²) in [6.07, 6.45) is 1.56. The number of anilines is 1. The van der Waals surface area contributed by atoms with Crippen LogP contribution < -0.4 is 16.7 Å². The summed E-state index contributed by atoms with van der Waals surface area (Å²) in [5.74, 6) is 0.513. The monoisotopic (exact) mass is 342 g/mol. The average Bonchev–Trinajstić information content (AvgIpc) is 2.92. The van der Waals surface area contributed by atoms with Gasteiger partial charge in [0, 0.05) is 20.6 Å². The minimum atomic E-state index is -0.405. The molecule has 0 aliphatic rings. The van der Waals surface area contributed by atoms with E-state index in [1.54, 1.807) is 56.1 Å². The summed E-state index contributed by atoms with van der Waals surface area (Å²) < 4.78 is 4.07. The largest absolute Gasteiger partial charge is 0.508 e. The van der Waals surface area contributed by atoms with E-state index in [9.17, 15) is 14.7 Å². The minimum absolute atomic E-state index is 0.175. The molecule has 0 spiro atoms. The highest BCUT2D eigenvalue weighted by molar-refractivity contribution is 5.80. The fourth-order valence-electron chi connectivity index (χ4n) is 2.55. The van der Waals surface area contributed by atoms with Crippen LogP contribution in [-0.4, -0.2) is 30.0 Å². The Bertz CT molecular complexity index is 1070. The zero-order valence-electron chi connectivity index (χ0n) is 14.1. The summed E-state index contributed by atoms with van der Waals surface area (Å²) in [5, 5.41) is 13.3. The lowest BCUT2D eigenvalue weighted by Gasteiger charge is -2.05. The van der Waals surface area contributed by atoms with Gasteiger partial charge in [0.05, 0.1) is 6.21 Å². The Morgan fingerprint density at radius 1 is 1.20 bits per heavy atom. The van der Waals surface area contributed by atoms with Crippen LogP contribution >= 0.6 is 0 Å². The third-order valence-electron chi connectivity index (χ3n) is 3.95. The Hall–Kier alpha value is -3.36. The predicted molar refractivity (Wildman–Crippen MR) is 95.2 cm³/mol. The first-order valence-corrected chi connectivity index (χ1v) is 7.68. The van der Waals surface area contributed by atoms with Crippen LogP contribution in [0.5, 0.6) is 5.75 Å². The zero-order valence-corrected chi connectivity index (χ0v) is 14.1. The van der Waals surface area contributed by atoms with Gasteiger partial charge in [0.15, 0.2) is 11.2 Å². The van der Waals surface area contributed by atoms with Crippen LogP contribution in [0.3, 0.4) is 0 Å². The maximum absolute atomic E-state index is 12.5. The van der Waals surface area contributed by atoms with Crippen molar-refractivity contribution in [2.45, 2.75) is 13.5 Å². The Morgan fingerprint density at radius 2 is 1.88 bits per heavy atom. The first-order chi connectivity index (χ1) is 11.9. The highest BCUT2D eigenvalue weighted by Crippen LogP contribution is 2.13. The number of benzene rings is 1. The van der Waals surface area contributed by atoms with Crippen molar-refractivity contribution in [3.8, 4) is 5.75 Å². The van der Waals surface area contributed by atoms with E-state index in [2.05, 4.69) is 15.5 Å². The second-order valence-electron chi connectivity index (χ2n) is 5.52. The van der Waals surface area contributed by atoms with Gasteiger partial charge >= 0.3 is 5.69 Å². The number of fused-ring (bicyclic) bond motifs is 1. The quantitative estimate of drug-likeness (QED) is 0.533. The molecule has 0 amide bonds. The SMILES string of the molecule is CCn1c(=O)c2c(nc(N/N=C/c3ccc(O)cc3)n2C)n(C)c1=O. The number of aromatic nitrogens is 4. The van der Waals surface area contributed by atoms with Crippen LogP contribution in [0.1, 0.15) is 12.5 Å². The minimum Gasteiger partial charge on any atom is -0.508 e. The molecule has 3 rings (SSSR count). The zero-order chi connectivity index (χ0) is 18.1. The molecule has 0 radical (unpaired) electrons. The first-order valence-electron chi connectivity index (χ1n) is 7.68. The van der Waals surface area contributed by atoms with Crippen LogP contribution in [0.4, 0.5) is 5.95 Å². The van der Waals surface area contributed by atoms with E-state index in [1.165, 1.54) is 4.57 Å². The summed E-state index contributed by atoms with van der Waals surface area (Å²) in [6.45, 7) is 2.03. The standard InChI is InChI=1S/C16H18N6O3/c1-4-22-14(24)12-13(21(3)16(22)25)18-15(20(12)2)19-17-9-10-5-7-11(23)8-6-10/h5-9,23H,4H2,1-3H3,(H,18,19)/b17-9+. The molecule has 130 valence electrons. The lowest BCUT2D eigenvalue weighted by atomic mass is 10.2. The highest BCUT2D eigenvalue weighted by Gasteiger charge is 2.17. The number of nitrogens with zero attached hydrogens (tertiary/aromatic N) is 5. The molecule has 0 atom stereocenters. The van der Waals surface area contributed by atoms with Gasteiger partial charge in [0.1, 0.15) is 5.75 Å². The summed E-state index contributed by atoms with van der Waals surface area (Å²) in [6, 6.07) is 6.52. The van der Waals surface area contributed by atoms with E-state index in [-0.39, 0.29) is 17.9 Å². The van der Waals surface area contributed by atoms with E-state index in [4.69, 9.17) is 0 Å². The van der Waals surface area contributed by atoms with Gasteiger partial charge in [-0.25, -0.2) is 10.2 Å². The molecule has 2 aromatic heterocycles. The average molecular weight is 342 g/mol. The van der Waals surface area contributed by atoms with Crippen LogP contribution in [0.15, 0.2) is 39.0 Å². The van der Waals surface area contributed by atoms with Gasteiger partial charge in [0.2, 0.25) is 5.95 Å². The third-order valence-corrected chi connectivity index (χ3v) is 3.95. The topological polar surface area (TPSA) is 106 Å². The molecule has 0 aliphatic heterocycles. The van der Waals surface area contributed by atoms with Gasteiger partial charge in [-0.3, -0.25) is 13.9 Å². The van der Waals surface area contributed by atoms with Crippen LogP contribution in [0.25, 0.3) is 11.2 Å². The molecule has 1 aromatic carbocycles. The molecular weight excluding hydrogens is 324 g/mol. The molecule has 0 saturated heterocycles. The maximum Gasteiger partial charge on any atom is 0.332 e. The van der Waals surface area contributed by atoms with Crippen molar-refractivity contribution in [3.05, 3.63) is 50.7 Å². The van der Waals surface area contributed by atoms with Gasteiger partial charge in [-0.2, -0.15) is 10.1 Å². The van der Waals surface area contributed by atoms with Crippen molar-refractivity contribution in [2.24, 2.45) is 19.2 Å². The molecule has 25 heavy (non-hydrogen) atoms. The Morgan fingerprint density at radius 3 is 2.52 bits per heavy atom. The highest BCUT2D eigenvalue weighted by atomic mass is 16.3. The van der Waals surface area contributed by atoms with Crippen molar-refractivity contribution in [1.29, 1.82) is 0 Å². The molecule has 9 heteroatoms. The molecule has 0 fully saturated rings. The second kappa shape index (κ2) is 6.27. The molecule has 3 aromatic rings. The number of hydrazone groups is 1. The van der Waals surface area contributed by atoms with Gasteiger partial charge in [-0.05, 0) is 36.8 Å². The van der Waals surface area contributed by atoms with Crippen LogP contribution in [0.2, 0.25) is 0 Å². The van der Waals surface area contributed by atoms with Crippen molar-refractivity contribution >= 4 is 23.3 Å². The van der Waals surface area contributed by atoms with E-state index in [0.717, 1.165) is 10.1 Å². The lowest BCUT2D eigenvalue weighted by molar-refractivity contribution is 0.475. The summed E-state index contributed by atoms with van der Waals surface area (Å²) in [7, 11) is 3.26. The number of phenolic OH excluding ortho intramolecular Hbond substituents is 1. The fourth-order valence-corrected chi connectivity index (χ4v) is 2.55. The number of hydrogen-bond acceptors (Lipinski definition) is 6. The number of nitrogens with one attached hydrogen (secondary N) is 1. The number of rotatable bonds is 4. The normalized spacial score (nSPS) is 11.5. The number of phenols is 1. The molecule has 0 bridgehead atoms. The summed E-state index contributed by atoms with van der Waals surface area (Å²) in [5.41, 5.74) is 3.39. The van der Waals surface area contributed by atoms with E-state index in [1.807, 2.05) is 0 Å². The fraction of sp³-hybridized carbons (Fsp3) is 0.250. The number of aromatic hydroxyl groups is 1. The molecule has 2 heterocycles. The van der Waals surface area contributed by atoms with E-state index in [0.29, 0.717) is 17.1 Å². The molecular formula is C16H18N6O3. The molecule has 0 unspecified atom stereocenters. The Balaban J connectivity index is 2.01. The van der Waals surface area contributed by atoms with E-state index < -0.39 is 5.69 Å². The van der Waals surface area contributed by atoms with Crippen molar-refractivity contribution in [3.63, 3.8) is 0 Å². The number of aryl methyl sites for hydroxylation is 2. The molecule has 2 N–H and O–H groups in total. The van der Waals surface area contributed by atoms with Gasteiger partial charge in [0.25, 0.3) is 5.56 Å². The van der Waals surface area contributed by atoms with E-state index >= 15 is 0 Å². The molecule has 0 saturated carbocycles. The number of hydrogen-bond donors (Lipinski definition) is 2. The molecule has 0 aliphatic carbocycles. The summed E-state index contributed by atoms with van der Waals surface area (Å²) >= 11 is 0. The first kappa shape index (κ1) is 16.5. The van der Waals surface area contributed by atoms with Crippen LogP contribution in [0, 0.1) is 0 Å². The van der Waals surface area contributed by atoms with Crippen LogP contribution in [-0.2, 0) is 20.6 Å². The van der Waals surface area contributed by atoms with Crippen molar-refractivity contribution < 1.29 is 5.11 Å². The Kier molecular flexibility index (Phi) is 4.14. The predicted octanol–water partition coefficient (Wildman–Crippen LogP) is 0.605. The second-order valence-corrected chi connectivity index (χ2v) is 5.52. The lowest BCUT2D eigenvalue weighted by Crippen LogP contribution is -2.39. The van der Waals surface area contributed by atoms with Crippen molar-refractivity contribution in [1.82, 2.24) is 18.7 Å². The number of imidazole rings is 1. The van der Waals surface area contributed by atoms with Gasteiger partial charge in [-0.1, -0.05) is 0 Å². The van der Waals surface area contributed by atoms with Crippen molar-refractivity contribution in [2.75, 3.05) is 5.43 Å². The third kappa shape index (κ3) is 2.80. The maximum atomic E-state index is 12.5. The smallest absolute Gasteiger partial charge is 0.332 e. The van der Waals surface area contributed by atoms with Gasteiger partial charge in [-0.15, -0.1) is 0 Å². The summed E-state index contributed by atoms with van der Waals surface area (Å²) in [4.78, 5) is 29.0. The van der Waals surface area contributed by atoms with Gasteiger partial charge < -0.3 is 9.67 Å².